The van der Waals surface area contributed by atoms with Gasteiger partial charge in [0.2, 0.25) is 11.7 Å². The van der Waals surface area contributed by atoms with Crippen LogP contribution in [0.15, 0.2) is 66.7 Å². The summed E-state index contributed by atoms with van der Waals surface area (Å²) in [5, 5.41) is 2.91. The Kier molecular flexibility index (Phi) is 6.80. The maximum Gasteiger partial charge on any atom is 0.243 e. The summed E-state index contributed by atoms with van der Waals surface area (Å²) in [6.45, 7) is 0.181. The van der Waals surface area contributed by atoms with Crippen LogP contribution in [0.1, 0.15) is 0 Å². The van der Waals surface area contributed by atoms with E-state index in [9.17, 15) is 4.79 Å². The molecular formula is C24H26N2O4. The van der Waals surface area contributed by atoms with Crippen LogP contribution in [0, 0.1) is 0 Å². The lowest BCUT2D eigenvalue weighted by Crippen LogP contribution is -2.30. The first kappa shape index (κ1) is 21.0. The number of nitrogens with one attached hydrogen (secondary N) is 1. The van der Waals surface area contributed by atoms with E-state index in [-0.39, 0.29) is 12.5 Å². The van der Waals surface area contributed by atoms with E-state index >= 15 is 0 Å². The minimum absolute atomic E-state index is 0.158. The van der Waals surface area contributed by atoms with Gasteiger partial charge >= 0.3 is 0 Å². The minimum atomic E-state index is -0.158. The lowest BCUT2D eigenvalue weighted by molar-refractivity contribution is -0.114. The number of hydrogen-bond acceptors (Lipinski definition) is 5. The molecule has 3 aromatic carbocycles. The van der Waals surface area contributed by atoms with E-state index < -0.39 is 0 Å². The summed E-state index contributed by atoms with van der Waals surface area (Å²) in [4.78, 5) is 14.7. The van der Waals surface area contributed by atoms with Crippen molar-refractivity contribution in [2.45, 2.75) is 0 Å². The zero-order valence-corrected chi connectivity index (χ0v) is 17.6. The summed E-state index contributed by atoms with van der Waals surface area (Å²) < 4.78 is 16.0. The molecule has 0 saturated heterocycles. The highest BCUT2D eigenvalue weighted by atomic mass is 16.5. The van der Waals surface area contributed by atoms with Crippen molar-refractivity contribution in [2.24, 2.45) is 0 Å². The number of ether oxygens (including phenoxy) is 3. The van der Waals surface area contributed by atoms with E-state index in [1.165, 1.54) is 21.3 Å². The van der Waals surface area contributed by atoms with Gasteiger partial charge in [0, 0.05) is 36.1 Å². The third-order valence-corrected chi connectivity index (χ3v) is 4.73. The quantitative estimate of drug-likeness (QED) is 0.599. The normalized spacial score (nSPS) is 10.3. The molecule has 1 amide bonds. The summed E-state index contributed by atoms with van der Waals surface area (Å²) in [5.74, 6) is 1.28. The van der Waals surface area contributed by atoms with E-state index in [0.717, 1.165) is 16.8 Å². The van der Waals surface area contributed by atoms with Gasteiger partial charge < -0.3 is 24.4 Å². The SMILES string of the molecule is COc1cc(NC(=O)CN(C)c2ccccc2-c2ccccc2)cc(OC)c1OC. The standard InChI is InChI=1S/C24H26N2O4/c1-26(20-13-9-8-12-19(20)17-10-6-5-7-11-17)16-23(27)25-18-14-21(28-2)24(30-4)22(15-18)29-3/h5-15H,16H2,1-4H3,(H,25,27). The predicted octanol–water partition coefficient (Wildman–Crippen LogP) is 4.45. The molecule has 0 aliphatic rings. The van der Waals surface area contributed by atoms with E-state index in [1.807, 2.05) is 48.3 Å². The van der Waals surface area contributed by atoms with Crippen LogP contribution >= 0.6 is 0 Å². The fourth-order valence-corrected chi connectivity index (χ4v) is 3.32. The Morgan fingerprint density at radius 3 is 2.07 bits per heavy atom. The van der Waals surface area contributed by atoms with Crippen molar-refractivity contribution >= 4 is 17.3 Å². The van der Waals surface area contributed by atoms with Gasteiger partial charge in [0.25, 0.3) is 0 Å². The van der Waals surface area contributed by atoms with Crippen molar-refractivity contribution in [2.75, 3.05) is 45.1 Å². The van der Waals surface area contributed by atoms with Crippen molar-refractivity contribution in [3.05, 3.63) is 66.7 Å². The Morgan fingerprint density at radius 1 is 0.867 bits per heavy atom. The minimum Gasteiger partial charge on any atom is -0.493 e. The summed E-state index contributed by atoms with van der Waals surface area (Å²) >= 11 is 0. The monoisotopic (exact) mass is 406 g/mol. The number of nitrogens with zero attached hydrogens (tertiary/aromatic N) is 1. The molecule has 30 heavy (non-hydrogen) atoms. The van der Waals surface area contributed by atoms with Crippen molar-refractivity contribution in [3.8, 4) is 28.4 Å². The number of anilines is 2. The van der Waals surface area contributed by atoms with Crippen molar-refractivity contribution < 1.29 is 19.0 Å². The number of rotatable bonds is 8. The van der Waals surface area contributed by atoms with Crippen molar-refractivity contribution in [3.63, 3.8) is 0 Å². The number of likely N-dealkylation sites (N-methyl/N-ethyl adjacent to an activating group) is 1. The molecule has 1 N–H and O–H groups in total. The number of amides is 1. The number of carbonyl (C=O) groups is 1. The molecule has 3 rings (SSSR count). The summed E-state index contributed by atoms with van der Waals surface area (Å²) in [6.07, 6.45) is 0. The molecule has 6 nitrogen and oxygen atoms in total. The second-order valence-electron chi connectivity index (χ2n) is 6.70. The first-order chi connectivity index (χ1) is 14.6. The molecule has 0 aliphatic heterocycles. The molecule has 3 aromatic rings. The van der Waals surface area contributed by atoms with Crippen LogP contribution in [0.2, 0.25) is 0 Å². The number of hydrogen-bond donors (Lipinski definition) is 1. The summed E-state index contributed by atoms with van der Waals surface area (Å²) in [5.41, 5.74) is 3.72. The molecule has 0 radical (unpaired) electrons. The molecule has 156 valence electrons. The van der Waals surface area contributed by atoms with Crippen LogP contribution in [-0.4, -0.2) is 40.8 Å². The molecule has 0 saturated carbocycles. The van der Waals surface area contributed by atoms with Gasteiger partial charge in [-0.3, -0.25) is 4.79 Å². The zero-order chi connectivity index (χ0) is 21.5. The van der Waals surface area contributed by atoms with Crippen LogP contribution < -0.4 is 24.4 Å². The Hall–Kier alpha value is -3.67. The number of methoxy groups -OCH3 is 3. The van der Waals surface area contributed by atoms with Gasteiger partial charge in [-0.2, -0.15) is 0 Å². The van der Waals surface area contributed by atoms with Gasteiger partial charge in [-0.1, -0.05) is 48.5 Å². The maximum atomic E-state index is 12.7. The third-order valence-electron chi connectivity index (χ3n) is 4.73. The van der Waals surface area contributed by atoms with E-state index in [2.05, 4.69) is 23.5 Å². The average molecular weight is 406 g/mol. The summed E-state index contributed by atoms with van der Waals surface area (Å²) in [7, 11) is 6.52. The molecule has 0 spiro atoms. The lowest BCUT2D eigenvalue weighted by Gasteiger charge is -2.22. The fraction of sp³-hybridized carbons (Fsp3) is 0.208. The first-order valence-corrected chi connectivity index (χ1v) is 9.52. The van der Waals surface area contributed by atoms with E-state index in [1.54, 1.807) is 12.1 Å². The van der Waals surface area contributed by atoms with Crippen LogP contribution in [0.4, 0.5) is 11.4 Å². The fourth-order valence-electron chi connectivity index (χ4n) is 3.32. The Morgan fingerprint density at radius 2 is 1.47 bits per heavy atom. The molecule has 0 bridgehead atoms. The number of carbonyl (C=O) groups excluding carboxylic acids is 1. The van der Waals surface area contributed by atoms with Crippen LogP contribution in [0.3, 0.4) is 0 Å². The highest BCUT2D eigenvalue weighted by Gasteiger charge is 2.16. The molecular weight excluding hydrogens is 380 g/mol. The van der Waals surface area contributed by atoms with Gasteiger partial charge in [0.1, 0.15) is 0 Å². The highest BCUT2D eigenvalue weighted by molar-refractivity contribution is 5.95. The largest absolute Gasteiger partial charge is 0.493 e. The maximum absolute atomic E-state index is 12.7. The topological polar surface area (TPSA) is 60.0 Å². The smallest absolute Gasteiger partial charge is 0.243 e. The Bertz CT molecular complexity index is 980. The summed E-state index contributed by atoms with van der Waals surface area (Å²) in [6, 6.07) is 21.5. The molecule has 0 fully saturated rings. The van der Waals surface area contributed by atoms with E-state index in [0.29, 0.717) is 22.9 Å². The zero-order valence-electron chi connectivity index (χ0n) is 17.6. The van der Waals surface area contributed by atoms with E-state index in [4.69, 9.17) is 14.2 Å². The number of para-hydroxylation sites is 1. The van der Waals surface area contributed by atoms with Crippen LogP contribution in [0.25, 0.3) is 11.1 Å². The van der Waals surface area contributed by atoms with Crippen molar-refractivity contribution in [1.29, 1.82) is 0 Å². The molecule has 0 aromatic heterocycles. The molecule has 6 heteroatoms. The van der Waals surface area contributed by atoms with Gasteiger partial charge in [0.05, 0.1) is 27.9 Å². The Labute approximate surface area is 177 Å². The van der Waals surface area contributed by atoms with Gasteiger partial charge in [-0.25, -0.2) is 0 Å². The van der Waals surface area contributed by atoms with Crippen LogP contribution in [-0.2, 0) is 4.79 Å². The molecule has 0 atom stereocenters. The second kappa shape index (κ2) is 9.69. The van der Waals surface area contributed by atoms with Crippen LogP contribution in [0.5, 0.6) is 17.2 Å². The number of benzene rings is 3. The van der Waals surface area contributed by atoms with Gasteiger partial charge in [-0.05, 0) is 11.6 Å². The first-order valence-electron chi connectivity index (χ1n) is 9.52. The lowest BCUT2D eigenvalue weighted by atomic mass is 10.0. The second-order valence-corrected chi connectivity index (χ2v) is 6.70. The molecule has 0 unspecified atom stereocenters. The molecule has 0 heterocycles. The third kappa shape index (κ3) is 4.66. The highest BCUT2D eigenvalue weighted by Crippen LogP contribution is 2.40. The van der Waals surface area contributed by atoms with Gasteiger partial charge in [0.15, 0.2) is 11.5 Å². The molecule has 0 aliphatic carbocycles. The van der Waals surface area contributed by atoms with Crippen molar-refractivity contribution in [1.82, 2.24) is 0 Å². The Balaban J connectivity index is 1.78. The predicted molar refractivity (Wildman–Crippen MR) is 120 cm³/mol. The van der Waals surface area contributed by atoms with Gasteiger partial charge in [-0.15, -0.1) is 0 Å². The average Bonchev–Trinajstić information content (AvgIpc) is 2.78.